The second-order valence-corrected chi connectivity index (χ2v) is 5.36. The highest BCUT2D eigenvalue weighted by molar-refractivity contribution is 4.85. The fourth-order valence-electron chi connectivity index (χ4n) is 2.13. The van der Waals surface area contributed by atoms with E-state index in [0.29, 0.717) is 5.92 Å². The molecule has 0 aliphatic carbocycles. The van der Waals surface area contributed by atoms with Gasteiger partial charge >= 0.3 is 0 Å². The monoisotopic (exact) mass is 172 g/mol. The first-order valence-corrected chi connectivity index (χ1v) is 4.92. The zero-order chi connectivity index (χ0) is 9.99. The van der Waals surface area contributed by atoms with E-state index in [9.17, 15) is 5.11 Å². The highest BCUT2D eigenvalue weighted by Gasteiger charge is 2.35. The van der Waals surface area contributed by atoms with Crippen molar-refractivity contribution in [2.45, 2.75) is 60.0 Å². The predicted molar refractivity (Wildman–Crippen MR) is 54.2 cm³/mol. The van der Waals surface area contributed by atoms with Crippen LogP contribution in [0.25, 0.3) is 0 Å². The third kappa shape index (κ3) is 3.57. The van der Waals surface area contributed by atoms with Crippen LogP contribution in [0.4, 0.5) is 0 Å². The molecule has 0 radical (unpaired) electrons. The maximum Gasteiger partial charge on any atom is 0.0624 e. The molecule has 0 unspecified atom stereocenters. The van der Waals surface area contributed by atoms with Gasteiger partial charge in [-0.25, -0.2) is 0 Å². The van der Waals surface area contributed by atoms with Crippen molar-refractivity contribution in [2.24, 2.45) is 11.3 Å². The van der Waals surface area contributed by atoms with Crippen LogP contribution in [0, 0.1) is 11.3 Å². The van der Waals surface area contributed by atoms with Gasteiger partial charge in [0, 0.05) is 0 Å². The minimum atomic E-state index is -0.547. The molecule has 1 nitrogen and oxygen atoms in total. The van der Waals surface area contributed by atoms with Crippen molar-refractivity contribution in [3.8, 4) is 0 Å². The number of hydrogen-bond acceptors (Lipinski definition) is 1. The molecule has 0 bridgehead atoms. The highest BCUT2D eigenvalue weighted by atomic mass is 16.3. The van der Waals surface area contributed by atoms with Gasteiger partial charge in [0.2, 0.25) is 0 Å². The lowest BCUT2D eigenvalue weighted by atomic mass is 9.70. The summed E-state index contributed by atoms with van der Waals surface area (Å²) >= 11 is 0. The molecule has 1 atom stereocenters. The van der Waals surface area contributed by atoms with E-state index in [1.807, 2.05) is 13.8 Å². The van der Waals surface area contributed by atoms with Gasteiger partial charge in [0.1, 0.15) is 0 Å². The van der Waals surface area contributed by atoms with Crippen molar-refractivity contribution in [1.82, 2.24) is 0 Å². The smallest absolute Gasteiger partial charge is 0.0624 e. The maximum atomic E-state index is 9.94. The molecule has 12 heavy (non-hydrogen) atoms. The Bertz CT molecular complexity index is 111. The van der Waals surface area contributed by atoms with Gasteiger partial charge < -0.3 is 5.11 Å². The molecule has 0 fully saturated rings. The van der Waals surface area contributed by atoms with Crippen LogP contribution < -0.4 is 0 Å². The van der Waals surface area contributed by atoms with Gasteiger partial charge in [-0.2, -0.15) is 0 Å². The van der Waals surface area contributed by atoms with E-state index >= 15 is 0 Å². The number of aliphatic hydroxyl groups is 1. The van der Waals surface area contributed by atoms with Crippen LogP contribution in [-0.4, -0.2) is 10.7 Å². The Balaban J connectivity index is 4.45. The second kappa shape index (κ2) is 3.78. The summed E-state index contributed by atoms with van der Waals surface area (Å²) in [6, 6.07) is 0. The van der Waals surface area contributed by atoms with Crippen LogP contribution in [0.5, 0.6) is 0 Å². The van der Waals surface area contributed by atoms with Crippen LogP contribution in [0.2, 0.25) is 0 Å². The fraction of sp³-hybridized carbons (Fsp3) is 1.00. The quantitative estimate of drug-likeness (QED) is 0.693. The summed E-state index contributed by atoms with van der Waals surface area (Å²) in [5.74, 6) is 0.384. The van der Waals surface area contributed by atoms with Gasteiger partial charge in [-0.3, -0.25) is 0 Å². The van der Waals surface area contributed by atoms with E-state index < -0.39 is 5.60 Å². The van der Waals surface area contributed by atoms with Gasteiger partial charge in [0.15, 0.2) is 0 Å². The predicted octanol–water partition coefficient (Wildman–Crippen LogP) is 3.22. The third-order valence-corrected chi connectivity index (χ3v) is 2.48. The van der Waals surface area contributed by atoms with E-state index in [-0.39, 0.29) is 5.41 Å². The summed E-state index contributed by atoms with van der Waals surface area (Å²) < 4.78 is 0. The summed E-state index contributed by atoms with van der Waals surface area (Å²) in [5, 5.41) is 9.94. The lowest BCUT2D eigenvalue weighted by Gasteiger charge is -2.39. The molecule has 0 rings (SSSR count). The first-order chi connectivity index (χ1) is 5.19. The SMILES string of the molecule is CCC[C@@H](C(C)(C)C)C(C)(C)O. The Morgan fingerprint density at radius 2 is 1.50 bits per heavy atom. The molecule has 0 aromatic carbocycles. The van der Waals surface area contributed by atoms with E-state index in [2.05, 4.69) is 27.7 Å². The number of rotatable bonds is 3. The molecule has 0 heterocycles. The van der Waals surface area contributed by atoms with Gasteiger partial charge in [-0.1, -0.05) is 34.1 Å². The van der Waals surface area contributed by atoms with E-state index in [1.54, 1.807) is 0 Å². The summed E-state index contributed by atoms with van der Waals surface area (Å²) in [7, 11) is 0. The maximum absolute atomic E-state index is 9.94. The third-order valence-electron chi connectivity index (χ3n) is 2.48. The zero-order valence-corrected chi connectivity index (χ0v) is 9.44. The van der Waals surface area contributed by atoms with Crippen molar-refractivity contribution in [2.75, 3.05) is 0 Å². The molecule has 0 aromatic heterocycles. The number of hydrogen-bond donors (Lipinski definition) is 1. The molecule has 0 aromatic rings. The van der Waals surface area contributed by atoms with Gasteiger partial charge in [-0.05, 0) is 31.6 Å². The van der Waals surface area contributed by atoms with E-state index in [4.69, 9.17) is 0 Å². The fourth-order valence-corrected chi connectivity index (χ4v) is 2.13. The van der Waals surface area contributed by atoms with E-state index in [0.717, 1.165) is 12.8 Å². The Morgan fingerprint density at radius 3 is 1.58 bits per heavy atom. The van der Waals surface area contributed by atoms with Crippen LogP contribution in [0.15, 0.2) is 0 Å². The van der Waals surface area contributed by atoms with Crippen molar-refractivity contribution in [1.29, 1.82) is 0 Å². The first kappa shape index (κ1) is 12.0. The summed E-state index contributed by atoms with van der Waals surface area (Å²) in [5.41, 5.74) is -0.345. The van der Waals surface area contributed by atoms with Gasteiger partial charge in [-0.15, -0.1) is 0 Å². The zero-order valence-electron chi connectivity index (χ0n) is 9.44. The summed E-state index contributed by atoms with van der Waals surface area (Å²) in [6.45, 7) is 12.6. The molecular weight excluding hydrogens is 148 g/mol. The Kier molecular flexibility index (Phi) is 3.77. The van der Waals surface area contributed by atoms with Crippen LogP contribution in [-0.2, 0) is 0 Å². The first-order valence-electron chi connectivity index (χ1n) is 4.92. The normalized spacial score (nSPS) is 16.2. The molecule has 0 aliphatic heterocycles. The van der Waals surface area contributed by atoms with Crippen LogP contribution >= 0.6 is 0 Å². The molecular formula is C11H24O. The molecule has 0 spiro atoms. The van der Waals surface area contributed by atoms with Gasteiger partial charge in [0.05, 0.1) is 5.60 Å². The second-order valence-electron chi connectivity index (χ2n) is 5.36. The van der Waals surface area contributed by atoms with Gasteiger partial charge in [0.25, 0.3) is 0 Å². The highest BCUT2D eigenvalue weighted by Crippen LogP contribution is 2.37. The standard InChI is InChI=1S/C11H24O/c1-7-8-9(10(2,3)4)11(5,6)12/h9,12H,7-8H2,1-6H3/t9-/m0/s1. The van der Waals surface area contributed by atoms with Crippen LogP contribution in [0.1, 0.15) is 54.4 Å². The van der Waals surface area contributed by atoms with E-state index in [1.165, 1.54) is 0 Å². The summed E-state index contributed by atoms with van der Waals surface area (Å²) in [4.78, 5) is 0. The summed E-state index contributed by atoms with van der Waals surface area (Å²) in [6.07, 6.45) is 2.25. The Morgan fingerprint density at radius 1 is 1.08 bits per heavy atom. The molecule has 0 saturated heterocycles. The van der Waals surface area contributed by atoms with Crippen molar-refractivity contribution in [3.05, 3.63) is 0 Å². The minimum absolute atomic E-state index is 0.203. The molecule has 1 heteroatoms. The minimum Gasteiger partial charge on any atom is -0.390 e. The van der Waals surface area contributed by atoms with Crippen molar-refractivity contribution < 1.29 is 5.11 Å². The van der Waals surface area contributed by atoms with Crippen molar-refractivity contribution in [3.63, 3.8) is 0 Å². The van der Waals surface area contributed by atoms with Crippen molar-refractivity contribution >= 4 is 0 Å². The topological polar surface area (TPSA) is 20.2 Å². The largest absolute Gasteiger partial charge is 0.390 e. The molecule has 0 saturated carbocycles. The molecule has 74 valence electrons. The molecule has 0 aliphatic rings. The molecule has 1 N–H and O–H groups in total. The lowest BCUT2D eigenvalue weighted by molar-refractivity contribution is -0.0368. The molecule has 0 amide bonds. The average Bonchev–Trinajstić information content (AvgIpc) is 1.77. The average molecular weight is 172 g/mol. The lowest BCUT2D eigenvalue weighted by Crippen LogP contribution is -2.39. The Hall–Kier alpha value is -0.0400. The van der Waals surface area contributed by atoms with Crippen LogP contribution in [0.3, 0.4) is 0 Å². The Labute approximate surface area is 77.2 Å².